The van der Waals surface area contributed by atoms with E-state index in [9.17, 15) is 4.79 Å². The summed E-state index contributed by atoms with van der Waals surface area (Å²) in [5.41, 5.74) is 0.970. The molecule has 0 aliphatic heterocycles. The van der Waals surface area contributed by atoms with Crippen LogP contribution in [0, 0.1) is 6.92 Å². The molecule has 0 bridgehead atoms. The van der Waals surface area contributed by atoms with Crippen LogP contribution in [0.2, 0.25) is 5.02 Å². The summed E-state index contributed by atoms with van der Waals surface area (Å²) in [7, 11) is 0. The number of carbonyl (C=O) groups is 1. The van der Waals surface area contributed by atoms with Gasteiger partial charge in [-0.3, -0.25) is 0 Å². The van der Waals surface area contributed by atoms with Crippen molar-refractivity contribution in [1.29, 1.82) is 0 Å². The molecule has 0 unspecified atom stereocenters. The Bertz CT molecular complexity index is 641. The number of aryl methyl sites for hydroxylation is 1. The molecule has 0 saturated heterocycles. The number of carboxylic acid groups (broad SMARTS) is 1. The zero-order valence-electron chi connectivity index (χ0n) is 9.98. The van der Waals surface area contributed by atoms with Gasteiger partial charge >= 0.3 is 5.97 Å². The smallest absolute Gasteiger partial charge is 0.339 e. The lowest BCUT2D eigenvalue weighted by Gasteiger charge is -2.11. The first-order valence-electron chi connectivity index (χ1n) is 5.44. The number of halogens is 2. The number of hydrogen-bond acceptors (Lipinski definition) is 2. The normalized spacial score (nSPS) is 10.3. The quantitative estimate of drug-likeness (QED) is 0.863. The van der Waals surface area contributed by atoms with Crippen molar-refractivity contribution in [3.8, 4) is 11.5 Å². The highest BCUT2D eigenvalue weighted by Crippen LogP contribution is 2.31. The molecule has 98 valence electrons. The summed E-state index contributed by atoms with van der Waals surface area (Å²) in [5, 5.41) is 9.54. The van der Waals surface area contributed by atoms with Gasteiger partial charge in [-0.1, -0.05) is 27.5 Å². The van der Waals surface area contributed by atoms with Gasteiger partial charge in [-0.25, -0.2) is 4.79 Å². The molecule has 2 rings (SSSR count). The van der Waals surface area contributed by atoms with Gasteiger partial charge in [-0.05, 0) is 42.8 Å². The van der Waals surface area contributed by atoms with Gasteiger partial charge in [0.25, 0.3) is 0 Å². The van der Waals surface area contributed by atoms with Crippen molar-refractivity contribution in [2.75, 3.05) is 0 Å². The van der Waals surface area contributed by atoms with Gasteiger partial charge in [-0.15, -0.1) is 0 Å². The highest BCUT2D eigenvalue weighted by Gasteiger charge is 2.13. The minimum absolute atomic E-state index is 0.0757. The van der Waals surface area contributed by atoms with Gasteiger partial charge < -0.3 is 9.84 Å². The fourth-order valence-corrected chi connectivity index (χ4v) is 2.24. The summed E-state index contributed by atoms with van der Waals surface area (Å²) in [6, 6.07) is 9.92. The van der Waals surface area contributed by atoms with Crippen molar-refractivity contribution in [3.63, 3.8) is 0 Å². The van der Waals surface area contributed by atoms with Crippen molar-refractivity contribution in [2.45, 2.75) is 6.92 Å². The summed E-state index contributed by atoms with van der Waals surface area (Å²) >= 11 is 9.23. The zero-order valence-corrected chi connectivity index (χ0v) is 12.3. The molecule has 0 saturated carbocycles. The summed E-state index contributed by atoms with van der Waals surface area (Å²) in [5.74, 6) is -0.236. The molecule has 2 aromatic carbocycles. The van der Waals surface area contributed by atoms with Gasteiger partial charge in [0.1, 0.15) is 17.1 Å². The van der Waals surface area contributed by atoms with Crippen molar-refractivity contribution in [2.24, 2.45) is 0 Å². The number of hydrogen-bond donors (Lipinski definition) is 1. The second-order valence-electron chi connectivity index (χ2n) is 3.96. The highest BCUT2D eigenvalue weighted by molar-refractivity contribution is 9.10. The Morgan fingerprint density at radius 3 is 2.58 bits per heavy atom. The van der Waals surface area contributed by atoms with Crippen LogP contribution < -0.4 is 4.74 Å². The van der Waals surface area contributed by atoms with Crippen LogP contribution in [0.3, 0.4) is 0 Å². The van der Waals surface area contributed by atoms with E-state index in [-0.39, 0.29) is 11.3 Å². The Morgan fingerprint density at radius 2 is 1.95 bits per heavy atom. The van der Waals surface area contributed by atoms with Crippen LogP contribution in [-0.4, -0.2) is 11.1 Å². The Morgan fingerprint density at radius 1 is 1.21 bits per heavy atom. The third-order valence-electron chi connectivity index (χ3n) is 2.53. The van der Waals surface area contributed by atoms with E-state index < -0.39 is 5.97 Å². The van der Waals surface area contributed by atoms with Gasteiger partial charge in [-0.2, -0.15) is 0 Å². The van der Waals surface area contributed by atoms with Crippen molar-refractivity contribution >= 4 is 33.5 Å². The van der Waals surface area contributed by atoms with Gasteiger partial charge in [0.2, 0.25) is 0 Å². The van der Waals surface area contributed by atoms with Crippen LogP contribution in [0.15, 0.2) is 40.9 Å². The fraction of sp³-hybridized carbons (Fsp3) is 0.0714. The molecule has 5 heteroatoms. The second kappa shape index (κ2) is 5.63. The third kappa shape index (κ3) is 3.28. The molecule has 0 amide bonds. The van der Waals surface area contributed by atoms with Crippen LogP contribution in [0.5, 0.6) is 11.5 Å². The van der Waals surface area contributed by atoms with E-state index in [1.165, 1.54) is 18.2 Å². The number of benzene rings is 2. The first kappa shape index (κ1) is 13.9. The molecule has 0 aliphatic carbocycles. The SMILES string of the molecule is Cc1cc(Br)ccc1Oc1cc(Cl)ccc1C(=O)O. The molecule has 0 fully saturated rings. The maximum atomic E-state index is 11.1. The topological polar surface area (TPSA) is 46.5 Å². The third-order valence-corrected chi connectivity index (χ3v) is 3.26. The Kier molecular flexibility index (Phi) is 4.12. The van der Waals surface area contributed by atoms with Crippen LogP contribution in [-0.2, 0) is 0 Å². The van der Waals surface area contributed by atoms with Crippen molar-refractivity contribution < 1.29 is 14.6 Å². The minimum atomic E-state index is -1.05. The van der Waals surface area contributed by atoms with Crippen LogP contribution in [0.4, 0.5) is 0 Å². The molecule has 0 atom stereocenters. The average Bonchev–Trinajstić information content (AvgIpc) is 2.32. The van der Waals surface area contributed by atoms with Gasteiger partial charge in [0, 0.05) is 15.6 Å². The summed E-state index contributed by atoms with van der Waals surface area (Å²) < 4.78 is 6.58. The van der Waals surface area contributed by atoms with Gasteiger partial charge in [0.05, 0.1) is 0 Å². The first-order chi connectivity index (χ1) is 8.97. The second-order valence-corrected chi connectivity index (χ2v) is 5.31. The molecule has 0 aliphatic rings. The van der Waals surface area contributed by atoms with E-state index in [0.717, 1.165) is 10.0 Å². The minimum Gasteiger partial charge on any atom is -0.478 e. The van der Waals surface area contributed by atoms with Crippen LogP contribution >= 0.6 is 27.5 Å². The van der Waals surface area contributed by atoms with Crippen LogP contribution in [0.25, 0.3) is 0 Å². The number of aromatic carboxylic acids is 1. The van der Waals surface area contributed by atoms with E-state index in [1.807, 2.05) is 19.1 Å². The highest BCUT2D eigenvalue weighted by atomic mass is 79.9. The first-order valence-corrected chi connectivity index (χ1v) is 6.61. The van der Waals surface area contributed by atoms with E-state index in [4.69, 9.17) is 21.4 Å². The number of ether oxygens (including phenoxy) is 1. The molecule has 0 spiro atoms. The largest absolute Gasteiger partial charge is 0.478 e. The van der Waals surface area contributed by atoms with E-state index in [0.29, 0.717) is 10.8 Å². The predicted molar refractivity (Wildman–Crippen MR) is 77.4 cm³/mol. The van der Waals surface area contributed by atoms with Crippen molar-refractivity contribution in [3.05, 3.63) is 57.0 Å². The summed E-state index contributed by atoms with van der Waals surface area (Å²) in [6.45, 7) is 1.88. The Hall–Kier alpha value is -1.52. The van der Waals surface area contributed by atoms with E-state index >= 15 is 0 Å². The predicted octanol–water partition coefficient (Wildman–Crippen LogP) is 4.90. The van der Waals surface area contributed by atoms with Gasteiger partial charge in [0.15, 0.2) is 0 Å². The molecule has 0 radical (unpaired) electrons. The van der Waals surface area contributed by atoms with E-state index in [2.05, 4.69) is 15.9 Å². The number of rotatable bonds is 3. The standard InChI is InChI=1S/C14H10BrClO3/c1-8-6-9(15)2-5-12(8)19-13-7-10(16)3-4-11(13)14(17)18/h2-7H,1H3,(H,17,18). The maximum absolute atomic E-state index is 11.1. The van der Waals surface area contributed by atoms with E-state index in [1.54, 1.807) is 6.07 Å². The molecule has 19 heavy (non-hydrogen) atoms. The lowest BCUT2D eigenvalue weighted by Crippen LogP contribution is -2.00. The lowest BCUT2D eigenvalue weighted by molar-refractivity contribution is 0.0694. The number of carboxylic acids is 1. The molecular formula is C14H10BrClO3. The molecule has 0 aromatic heterocycles. The molecule has 0 heterocycles. The Labute approximate surface area is 123 Å². The monoisotopic (exact) mass is 340 g/mol. The van der Waals surface area contributed by atoms with Crippen molar-refractivity contribution in [1.82, 2.24) is 0 Å². The summed E-state index contributed by atoms with van der Waals surface area (Å²) in [6.07, 6.45) is 0. The maximum Gasteiger partial charge on any atom is 0.339 e. The lowest BCUT2D eigenvalue weighted by atomic mass is 10.2. The summed E-state index contributed by atoms with van der Waals surface area (Å²) in [4.78, 5) is 11.1. The molecule has 2 aromatic rings. The van der Waals surface area contributed by atoms with Crippen LogP contribution in [0.1, 0.15) is 15.9 Å². The zero-order chi connectivity index (χ0) is 14.0. The Balaban J connectivity index is 2.42. The fourth-order valence-electron chi connectivity index (χ4n) is 1.60. The molecule has 3 nitrogen and oxygen atoms in total. The average molecular weight is 342 g/mol. The molecule has 1 N–H and O–H groups in total. The molecular weight excluding hydrogens is 332 g/mol.